The summed E-state index contributed by atoms with van der Waals surface area (Å²) in [5, 5.41) is 33.1. The Morgan fingerprint density at radius 1 is 1.03 bits per heavy atom. The van der Waals surface area contributed by atoms with Gasteiger partial charge in [0.1, 0.15) is 35.8 Å². The second kappa shape index (κ2) is 11.4. The predicted octanol–water partition coefficient (Wildman–Crippen LogP) is -2.73. The zero-order chi connectivity index (χ0) is 25.2. The molecule has 1 saturated carbocycles. The van der Waals surface area contributed by atoms with E-state index in [2.05, 4.69) is 0 Å². The molecule has 1 saturated heterocycles. The number of aliphatic hydroxyl groups is 3. The van der Waals surface area contributed by atoms with Crippen molar-refractivity contribution in [3.8, 4) is 0 Å². The smallest absolute Gasteiger partial charge is 0.215 e. The molecule has 0 amide bonds. The zero-order valence-electron chi connectivity index (χ0n) is 20.3. The molecular weight excluding hydrogens is 446 g/mol. The molecule has 3 aliphatic rings. The van der Waals surface area contributed by atoms with E-state index in [-0.39, 0.29) is 13.2 Å². The predicted molar refractivity (Wildman–Crippen MR) is 124 cm³/mol. The van der Waals surface area contributed by atoms with Gasteiger partial charge >= 0.3 is 0 Å². The van der Waals surface area contributed by atoms with Crippen LogP contribution in [0.1, 0.15) is 33.6 Å². The van der Waals surface area contributed by atoms with Crippen LogP contribution < -0.4 is 22.9 Å². The van der Waals surface area contributed by atoms with Crippen molar-refractivity contribution in [1.29, 1.82) is 0 Å². The van der Waals surface area contributed by atoms with Gasteiger partial charge in [-0.15, -0.1) is 0 Å². The average molecular weight is 490 g/mol. The third kappa shape index (κ3) is 5.73. The summed E-state index contributed by atoms with van der Waals surface area (Å²) in [7, 11) is 0. The first kappa shape index (κ1) is 27.7. The molecule has 11 atom stereocenters. The Morgan fingerprint density at radius 2 is 1.62 bits per heavy atom. The van der Waals surface area contributed by atoms with E-state index in [9.17, 15) is 15.3 Å². The molecule has 1 aliphatic carbocycles. The van der Waals surface area contributed by atoms with E-state index < -0.39 is 66.8 Å². The molecule has 0 unspecified atom stereocenters. The van der Waals surface area contributed by atoms with Crippen LogP contribution in [0.5, 0.6) is 0 Å². The summed E-state index contributed by atoms with van der Waals surface area (Å²) in [6.07, 6.45) is -3.52. The number of likely N-dealkylation sites (N-methyl/N-ethyl adjacent to an activating group) is 1. The van der Waals surface area contributed by atoms with Crippen LogP contribution in [0.25, 0.3) is 0 Å². The number of nitrogens with zero attached hydrogens (tertiary/aromatic N) is 1. The molecule has 198 valence electrons. The average Bonchev–Trinajstić information content (AvgIpc) is 2.79. The molecule has 2 heterocycles. The van der Waals surface area contributed by atoms with Gasteiger partial charge < -0.3 is 57.2 Å². The van der Waals surface area contributed by atoms with Crippen molar-refractivity contribution >= 4 is 0 Å². The Hall–Kier alpha value is -0.900. The second-order valence-electron chi connectivity index (χ2n) is 9.71. The van der Waals surface area contributed by atoms with E-state index in [0.29, 0.717) is 31.7 Å². The van der Waals surface area contributed by atoms with Gasteiger partial charge in [-0.25, -0.2) is 0 Å². The number of ether oxygens (including phenoxy) is 4. The molecule has 0 aromatic carbocycles. The summed E-state index contributed by atoms with van der Waals surface area (Å²) < 4.78 is 23.5. The number of rotatable bonds is 8. The first-order valence-electron chi connectivity index (χ1n) is 12.1. The second-order valence-corrected chi connectivity index (χ2v) is 9.71. The van der Waals surface area contributed by atoms with Crippen LogP contribution in [-0.4, -0.2) is 113 Å². The lowest BCUT2D eigenvalue weighted by molar-refractivity contribution is -0.312. The van der Waals surface area contributed by atoms with Crippen LogP contribution in [0.2, 0.25) is 0 Å². The van der Waals surface area contributed by atoms with Crippen LogP contribution >= 0.6 is 0 Å². The molecule has 0 spiro atoms. The lowest BCUT2D eigenvalue weighted by Crippen LogP contribution is -2.69. The summed E-state index contributed by atoms with van der Waals surface area (Å²) in [5.41, 5.74) is 23.1. The number of aliphatic hydroxyl groups excluding tert-OH is 2. The molecule has 34 heavy (non-hydrogen) atoms. The third-order valence-corrected chi connectivity index (χ3v) is 7.07. The van der Waals surface area contributed by atoms with E-state index in [0.717, 1.165) is 0 Å². The Kier molecular flexibility index (Phi) is 9.31. The van der Waals surface area contributed by atoms with E-state index in [1.807, 2.05) is 24.8 Å². The van der Waals surface area contributed by atoms with Gasteiger partial charge in [0.2, 0.25) is 6.29 Å². The Labute approximate surface area is 201 Å². The maximum atomic E-state index is 11.2. The van der Waals surface area contributed by atoms with Gasteiger partial charge in [-0.2, -0.15) is 0 Å². The highest BCUT2D eigenvalue weighted by molar-refractivity contribution is 5.04. The van der Waals surface area contributed by atoms with Gasteiger partial charge in [0.05, 0.1) is 25.2 Å². The highest BCUT2D eigenvalue weighted by atomic mass is 16.7. The molecule has 11 N–H and O–H groups in total. The molecule has 2 aliphatic heterocycles. The molecule has 0 aromatic rings. The van der Waals surface area contributed by atoms with E-state index in [1.165, 1.54) is 0 Å². The molecule has 0 radical (unpaired) electrons. The molecule has 0 bridgehead atoms. The maximum Gasteiger partial charge on any atom is 0.215 e. The normalized spacial score (nSPS) is 45.7. The monoisotopic (exact) mass is 489 g/mol. The fourth-order valence-corrected chi connectivity index (χ4v) is 5.17. The topological polar surface area (TPSA) is 205 Å². The number of nitrogens with two attached hydrogens (primary N) is 4. The SMILES string of the molecule is CCN(CC)[C@@H]1[C@@H](O)[C@@H](O[C@@H]2[C@@H](O)[C@H](O[C@H]3OC(CN)=CC[C@H]3N)[C@@H](N)C[C@H]2N)OC[C@]1(C)O. The molecule has 3 rings (SSSR count). The quantitative estimate of drug-likeness (QED) is 0.186. The number of hydrogen-bond donors (Lipinski definition) is 7. The van der Waals surface area contributed by atoms with Gasteiger partial charge in [0, 0.05) is 12.1 Å². The fourth-order valence-electron chi connectivity index (χ4n) is 5.17. The van der Waals surface area contributed by atoms with Gasteiger partial charge in [-0.05, 0) is 38.9 Å². The minimum Gasteiger partial charge on any atom is -0.467 e. The standard InChI is InChI=1S/C22H43N5O7/c1-4-27(5-2)19-16(29)21(31-10-22(19,3)30)34-18-14(26)8-13(25)17(15(18)28)33-20-12(24)7-6-11(9-23)32-20/h6,12-21,28-30H,4-5,7-10,23-26H2,1-3H3/t12-,13+,14-,15+,16-,17-,18+,19-,20-,21-,22+/m1/s1. The van der Waals surface area contributed by atoms with Crippen LogP contribution in [-0.2, 0) is 18.9 Å². The van der Waals surface area contributed by atoms with Crippen LogP contribution in [0, 0.1) is 0 Å². The molecule has 12 nitrogen and oxygen atoms in total. The van der Waals surface area contributed by atoms with Crippen molar-refractivity contribution in [1.82, 2.24) is 4.90 Å². The summed E-state index contributed by atoms with van der Waals surface area (Å²) in [6.45, 7) is 6.92. The maximum absolute atomic E-state index is 11.2. The Bertz CT molecular complexity index is 695. The molecular formula is C22H43N5O7. The minimum atomic E-state index is -1.28. The van der Waals surface area contributed by atoms with Crippen molar-refractivity contribution in [2.45, 2.75) is 100 Å². The van der Waals surface area contributed by atoms with E-state index in [4.69, 9.17) is 41.9 Å². The third-order valence-electron chi connectivity index (χ3n) is 7.07. The van der Waals surface area contributed by atoms with Crippen LogP contribution in [0.3, 0.4) is 0 Å². The summed E-state index contributed by atoms with van der Waals surface area (Å²) in [4.78, 5) is 1.95. The van der Waals surface area contributed by atoms with Crippen molar-refractivity contribution in [3.63, 3.8) is 0 Å². The molecule has 2 fully saturated rings. The lowest BCUT2D eigenvalue weighted by atomic mass is 9.84. The van der Waals surface area contributed by atoms with Crippen molar-refractivity contribution in [2.24, 2.45) is 22.9 Å². The first-order valence-corrected chi connectivity index (χ1v) is 12.1. The molecule has 0 aromatic heterocycles. The van der Waals surface area contributed by atoms with Gasteiger partial charge in [-0.3, -0.25) is 4.90 Å². The van der Waals surface area contributed by atoms with Gasteiger partial charge in [0.25, 0.3) is 0 Å². The van der Waals surface area contributed by atoms with E-state index in [1.54, 1.807) is 6.92 Å². The summed E-state index contributed by atoms with van der Waals surface area (Å²) in [5.74, 6) is 0.559. The number of hydrogen-bond acceptors (Lipinski definition) is 12. The lowest BCUT2D eigenvalue weighted by Gasteiger charge is -2.50. The summed E-state index contributed by atoms with van der Waals surface area (Å²) in [6, 6.07) is -2.29. The van der Waals surface area contributed by atoms with Crippen LogP contribution in [0.15, 0.2) is 11.8 Å². The fraction of sp³-hybridized carbons (Fsp3) is 0.909. The van der Waals surface area contributed by atoms with Crippen molar-refractivity contribution < 1.29 is 34.3 Å². The van der Waals surface area contributed by atoms with Crippen molar-refractivity contribution in [2.75, 3.05) is 26.2 Å². The minimum absolute atomic E-state index is 0.0492. The largest absolute Gasteiger partial charge is 0.467 e. The zero-order valence-corrected chi connectivity index (χ0v) is 20.3. The highest BCUT2D eigenvalue weighted by Crippen LogP contribution is 2.33. The van der Waals surface area contributed by atoms with Gasteiger partial charge in [-0.1, -0.05) is 13.8 Å². The van der Waals surface area contributed by atoms with Gasteiger partial charge in [0.15, 0.2) is 6.29 Å². The van der Waals surface area contributed by atoms with Crippen molar-refractivity contribution in [3.05, 3.63) is 11.8 Å². The Morgan fingerprint density at radius 3 is 2.18 bits per heavy atom. The highest BCUT2D eigenvalue weighted by Gasteiger charge is 2.52. The Balaban J connectivity index is 1.73. The van der Waals surface area contributed by atoms with Crippen LogP contribution in [0.4, 0.5) is 0 Å². The molecule has 12 heteroatoms. The summed E-state index contributed by atoms with van der Waals surface area (Å²) >= 11 is 0. The first-order chi connectivity index (χ1) is 16.0. The van der Waals surface area contributed by atoms with E-state index >= 15 is 0 Å².